The molecule has 2 atom stereocenters. The molecule has 0 aromatic rings. The lowest BCUT2D eigenvalue weighted by Crippen LogP contribution is -2.17. The van der Waals surface area contributed by atoms with E-state index in [2.05, 4.69) is 0 Å². The largest absolute Gasteiger partial charge is 0.377 e. The normalized spacial score (nSPS) is 14.1. The van der Waals surface area contributed by atoms with Crippen LogP contribution in [0.5, 0.6) is 0 Å². The molecule has 0 bridgehead atoms. The molecule has 0 saturated carbocycles. The Kier molecular flexibility index (Phi) is 17.5. The number of hydrogen-bond donors (Lipinski definition) is 0. The van der Waals surface area contributed by atoms with Crippen molar-refractivity contribution < 1.29 is 41.2 Å². The predicted molar refractivity (Wildman–Crippen MR) is 75.8 cm³/mol. The van der Waals surface area contributed by atoms with Crippen LogP contribution in [0.4, 0.5) is 17.6 Å². The molecule has 0 radical (unpaired) electrons. The Bertz CT molecular complexity index is 217. The Morgan fingerprint density at radius 3 is 1.00 bits per heavy atom. The molecule has 0 heterocycles. The topological polar surface area (TPSA) is 46.2 Å². The van der Waals surface area contributed by atoms with Crippen molar-refractivity contribution in [2.75, 3.05) is 79.4 Å². The maximum atomic E-state index is 12.4. The first kappa shape index (κ1) is 22.5. The van der Waals surface area contributed by atoms with Crippen molar-refractivity contribution in [3.8, 4) is 0 Å². The van der Waals surface area contributed by atoms with Crippen LogP contribution in [0, 0.1) is 0 Å². The summed E-state index contributed by atoms with van der Waals surface area (Å²) in [6.45, 7) is -0.202. The molecule has 0 aliphatic heterocycles. The number of ether oxygens (including phenoxy) is 5. The quantitative estimate of drug-likeness (QED) is 0.278. The zero-order valence-corrected chi connectivity index (χ0v) is 13.2. The van der Waals surface area contributed by atoms with Crippen LogP contribution in [-0.2, 0) is 23.7 Å². The average molecular weight is 350 g/mol. The van der Waals surface area contributed by atoms with Gasteiger partial charge in [-0.2, -0.15) is 0 Å². The van der Waals surface area contributed by atoms with Crippen LogP contribution in [0.1, 0.15) is 0 Å². The molecule has 0 amide bonds. The van der Waals surface area contributed by atoms with Crippen LogP contribution >= 0.6 is 0 Å². The van der Waals surface area contributed by atoms with Gasteiger partial charge in [0, 0.05) is 0 Å². The van der Waals surface area contributed by atoms with E-state index < -0.39 is 25.7 Å². The molecular formula is C14H26F4O5. The van der Waals surface area contributed by atoms with Gasteiger partial charge in [-0.15, -0.1) is 0 Å². The minimum absolute atomic E-state index is 0.200. The van der Waals surface area contributed by atoms with Crippen LogP contribution in [-0.4, -0.2) is 91.8 Å². The molecule has 140 valence electrons. The number of hydrogen-bond acceptors (Lipinski definition) is 5. The minimum Gasteiger partial charge on any atom is -0.377 e. The summed E-state index contributed by atoms with van der Waals surface area (Å²) in [5.41, 5.74) is 0. The first-order valence-electron chi connectivity index (χ1n) is 7.49. The molecule has 9 heteroatoms. The van der Waals surface area contributed by atoms with Gasteiger partial charge in [-0.25, -0.2) is 17.6 Å². The summed E-state index contributed by atoms with van der Waals surface area (Å²) in [5, 5.41) is 0. The van der Waals surface area contributed by atoms with E-state index in [0.717, 1.165) is 0 Å². The number of alkyl halides is 4. The second-order valence-corrected chi connectivity index (χ2v) is 4.49. The van der Waals surface area contributed by atoms with Gasteiger partial charge in [0.2, 0.25) is 0 Å². The van der Waals surface area contributed by atoms with E-state index in [1.165, 1.54) is 0 Å². The summed E-state index contributed by atoms with van der Waals surface area (Å²) in [6, 6.07) is 0. The van der Waals surface area contributed by atoms with Crippen molar-refractivity contribution in [1.29, 1.82) is 0 Å². The van der Waals surface area contributed by atoms with Crippen LogP contribution in [0.3, 0.4) is 0 Å². The molecule has 0 spiro atoms. The van der Waals surface area contributed by atoms with Gasteiger partial charge in [-0.1, -0.05) is 0 Å². The van der Waals surface area contributed by atoms with E-state index in [1.807, 2.05) is 0 Å². The molecule has 2 unspecified atom stereocenters. The van der Waals surface area contributed by atoms with E-state index >= 15 is 0 Å². The lowest BCUT2D eigenvalue weighted by atomic mass is 10.5. The SMILES string of the molecule is FCC(F)COCCOCCOCCOCCOCC(F)CF. The van der Waals surface area contributed by atoms with Gasteiger partial charge in [-0.3, -0.25) is 0 Å². The molecule has 0 N–H and O–H groups in total. The van der Waals surface area contributed by atoms with E-state index in [-0.39, 0.29) is 39.6 Å². The molecule has 0 aromatic heterocycles. The van der Waals surface area contributed by atoms with Crippen molar-refractivity contribution >= 4 is 0 Å². The second kappa shape index (κ2) is 17.9. The Labute approximate surface area is 134 Å². The van der Waals surface area contributed by atoms with Gasteiger partial charge in [0.05, 0.1) is 66.1 Å². The zero-order valence-electron chi connectivity index (χ0n) is 13.2. The minimum atomic E-state index is -1.58. The molecule has 0 aromatic carbocycles. The molecule has 0 fully saturated rings. The van der Waals surface area contributed by atoms with Crippen LogP contribution in [0.2, 0.25) is 0 Å². The highest BCUT2D eigenvalue weighted by Crippen LogP contribution is 1.93. The maximum Gasteiger partial charge on any atom is 0.151 e. The van der Waals surface area contributed by atoms with Crippen molar-refractivity contribution in [3.05, 3.63) is 0 Å². The Balaban J connectivity index is 3.03. The Hall–Kier alpha value is -0.480. The monoisotopic (exact) mass is 350 g/mol. The molecule has 0 rings (SSSR count). The van der Waals surface area contributed by atoms with Gasteiger partial charge in [0.25, 0.3) is 0 Å². The molecule has 0 aliphatic carbocycles. The predicted octanol–water partition coefficient (Wildman–Crippen LogP) is 1.68. The third kappa shape index (κ3) is 17.7. The van der Waals surface area contributed by atoms with Crippen molar-refractivity contribution in [2.24, 2.45) is 0 Å². The van der Waals surface area contributed by atoms with E-state index in [1.54, 1.807) is 0 Å². The summed E-state index contributed by atoms with van der Waals surface area (Å²) in [7, 11) is 0. The third-order valence-electron chi connectivity index (χ3n) is 2.42. The summed E-state index contributed by atoms with van der Waals surface area (Å²) >= 11 is 0. The summed E-state index contributed by atoms with van der Waals surface area (Å²) in [6.07, 6.45) is -3.16. The van der Waals surface area contributed by atoms with Gasteiger partial charge in [-0.05, 0) is 0 Å². The number of rotatable bonds is 18. The maximum absolute atomic E-state index is 12.4. The van der Waals surface area contributed by atoms with Crippen LogP contribution < -0.4 is 0 Å². The average Bonchev–Trinajstić information content (AvgIpc) is 2.57. The summed E-state index contributed by atoms with van der Waals surface area (Å²) in [5.74, 6) is 0. The lowest BCUT2D eigenvalue weighted by Gasteiger charge is -2.08. The molecule has 0 saturated heterocycles. The zero-order chi connectivity index (χ0) is 17.2. The van der Waals surface area contributed by atoms with Gasteiger partial charge in [0.1, 0.15) is 13.3 Å². The van der Waals surface area contributed by atoms with Crippen molar-refractivity contribution in [3.63, 3.8) is 0 Å². The second-order valence-electron chi connectivity index (χ2n) is 4.49. The van der Waals surface area contributed by atoms with Crippen molar-refractivity contribution in [2.45, 2.75) is 12.3 Å². The molecule has 0 aliphatic rings. The van der Waals surface area contributed by atoms with Crippen LogP contribution in [0.15, 0.2) is 0 Å². The highest BCUT2D eigenvalue weighted by atomic mass is 19.2. The Morgan fingerprint density at radius 2 is 0.739 bits per heavy atom. The standard InChI is InChI=1S/C14H26F4O5/c15-9-13(17)11-22-7-5-20-3-1-19-2-4-21-6-8-23-12-14(18)10-16/h13-14H,1-12H2. The van der Waals surface area contributed by atoms with Crippen LogP contribution in [0.25, 0.3) is 0 Å². The summed E-state index contributed by atoms with van der Waals surface area (Å²) in [4.78, 5) is 0. The van der Waals surface area contributed by atoms with E-state index in [9.17, 15) is 17.6 Å². The van der Waals surface area contributed by atoms with E-state index in [0.29, 0.717) is 26.4 Å². The fourth-order valence-corrected chi connectivity index (χ4v) is 1.29. The van der Waals surface area contributed by atoms with Gasteiger partial charge < -0.3 is 23.7 Å². The number of halogens is 4. The fourth-order valence-electron chi connectivity index (χ4n) is 1.29. The van der Waals surface area contributed by atoms with Gasteiger partial charge in [0.15, 0.2) is 12.3 Å². The highest BCUT2D eigenvalue weighted by molar-refractivity contribution is 4.50. The fraction of sp³-hybridized carbons (Fsp3) is 1.00. The highest BCUT2D eigenvalue weighted by Gasteiger charge is 2.05. The third-order valence-corrected chi connectivity index (χ3v) is 2.42. The molecule has 23 heavy (non-hydrogen) atoms. The first-order chi connectivity index (χ1) is 11.2. The molecular weight excluding hydrogens is 324 g/mol. The molecule has 5 nitrogen and oxygen atoms in total. The first-order valence-corrected chi connectivity index (χ1v) is 7.49. The van der Waals surface area contributed by atoms with E-state index in [4.69, 9.17) is 23.7 Å². The Morgan fingerprint density at radius 1 is 0.478 bits per heavy atom. The van der Waals surface area contributed by atoms with Gasteiger partial charge >= 0.3 is 0 Å². The lowest BCUT2D eigenvalue weighted by molar-refractivity contribution is -0.0192. The summed E-state index contributed by atoms with van der Waals surface area (Å²) < 4.78 is 73.5. The van der Waals surface area contributed by atoms with Crippen molar-refractivity contribution in [1.82, 2.24) is 0 Å². The smallest absolute Gasteiger partial charge is 0.151 e.